The van der Waals surface area contributed by atoms with Gasteiger partial charge in [0.25, 0.3) is 0 Å². The predicted molar refractivity (Wildman–Crippen MR) is 101 cm³/mol. The molecule has 1 aliphatic heterocycles. The third kappa shape index (κ3) is 5.30. The lowest BCUT2D eigenvalue weighted by molar-refractivity contribution is 0.260. The van der Waals surface area contributed by atoms with Crippen LogP contribution in [0.4, 0.5) is 5.69 Å². The minimum atomic E-state index is 0.688. The second-order valence-corrected chi connectivity index (χ2v) is 7.09. The van der Waals surface area contributed by atoms with E-state index in [2.05, 4.69) is 58.2 Å². The zero-order chi connectivity index (χ0) is 17.5. The lowest BCUT2D eigenvalue weighted by atomic mass is 10.1. The third-order valence-electron chi connectivity index (χ3n) is 4.78. The highest BCUT2D eigenvalue weighted by atomic mass is 16.5. The van der Waals surface area contributed by atoms with Crippen molar-refractivity contribution < 1.29 is 4.52 Å². The van der Waals surface area contributed by atoms with Crippen LogP contribution in [0.15, 0.2) is 28.8 Å². The summed E-state index contributed by atoms with van der Waals surface area (Å²) in [6.07, 6.45) is 7.16. The quantitative estimate of drug-likeness (QED) is 0.724. The van der Waals surface area contributed by atoms with Gasteiger partial charge >= 0.3 is 0 Å². The zero-order valence-corrected chi connectivity index (χ0v) is 15.6. The second kappa shape index (κ2) is 8.99. The van der Waals surface area contributed by atoms with Gasteiger partial charge in [0, 0.05) is 31.7 Å². The van der Waals surface area contributed by atoms with Crippen molar-refractivity contribution in [1.29, 1.82) is 0 Å². The highest BCUT2D eigenvalue weighted by Crippen LogP contribution is 2.20. The SMILES string of the molecule is CCCCc1noc(CN(C)Cc2ccc(N3CCCCC3)cc2)n1. The summed E-state index contributed by atoms with van der Waals surface area (Å²) in [6, 6.07) is 8.98. The first-order valence-corrected chi connectivity index (χ1v) is 9.58. The smallest absolute Gasteiger partial charge is 0.240 e. The van der Waals surface area contributed by atoms with Crippen molar-refractivity contribution in [1.82, 2.24) is 15.0 Å². The van der Waals surface area contributed by atoms with E-state index in [-0.39, 0.29) is 0 Å². The van der Waals surface area contributed by atoms with Crippen molar-refractivity contribution >= 4 is 5.69 Å². The Bertz CT molecular complexity index is 631. The molecule has 1 aromatic carbocycles. The Morgan fingerprint density at radius 1 is 1.08 bits per heavy atom. The van der Waals surface area contributed by atoms with Crippen LogP contribution >= 0.6 is 0 Å². The minimum absolute atomic E-state index is 0.688. The summed E-state index contributed by atoms with van der Waals surface area (Å²) in [6.45, 7) is 6.12. The van der Waals surface area contributed by atoms with Crippen LogP contribution < -0.4 is 4.90 Å². The summed E-state index contributed by atoms with van der Waals surface area (Å²) in [5.74, 6) is 1.54. The van der Waals surface area contributed by atoms with Crippen molar-refractivity contribution in [2.75, 3.05) is 25.0 Å². The second-order valence-electron chi connectivity index (χ2n) is 7.09. The van der Waals surface area contributed by atoms with Crippen molar-refractivity contribution in [2.45, 2.75) is 58.5 Å². The van der Waals surface area contributed by atoms with E-state index < -0.39 is 0 Å². The number of piperidine rings is 1. The highest BCUT2D eigenvalue weighted by molar-refractivity contribution is 5.47. The van der Waals surface area contributed by atoms with E-state index in [9.17, 15) is 0 Å². The van der Waals surface area contributed by atoms with Gasteiger partial charge < -0.3 is 9.42 Å². The van der Waals surface area contributed by atoms with Crippen LogP contribution in [0.25, 0.3) is 0 Å². The molecule has 136 valence electrons. The van der Waals surface area contributed by atoms with Gasteiger partial charge in [-0.25, -0.2) is 0 Å². The van der Waals surface area contributed by atoms with Crippen molar-refractivity contribution in [3.63, 3.8) is 0 Å². The van der Waals surface area contributed by atoms with Gasteiger partial charge in [-0.3, -0.25) is 4.90 Å². The molecule has 1 aromatic heterocycles. The summed E-state index contributed by atoms with van der Waals surface area (Å²) in [4.78, 5) is 9.19. The van der Waals surface area contributed by atoms with E-state index in [1.165, 1.54) is 43.6 Å². The Morgan fingerprint density at radius 3 is 2.56 bits per heavy atom. The molecule has 0 amide bonds. The normalized spacial score (nSPS) is 15.1. The number of anilines is 1. The fourth-order valence-electron chi connectivity index (χ4n) is 3.35. The number of nitrogens with zero attached hydrogens (tertiary/aromatic N) is 4. The lowest BCUT2D eigenvalue weighted by Crippen LogP contribution is -2.29. The number of unbranched alkanes of at least 4 members (excludes halogenated alkanes) is 1. The van der Waals surface area contributed by atoms with Gasteiger partial charge in [0.05, 0.1) is 6.54 Å². The molecule has 0 unspecified atom stereocenters. The van der Waals surface area contributed by atoms with Crippen molar-refractivity contribution in [3.8, 4) is 0 Å². The van der Waals surface area contributed by atoms with Gasteiger partial charge in [-0.15, -0.1) is 0 Å². The van der Waals surface area contributed by atoms with Gasteiger partial charge in [0.1, 0.15) is 0 Å². The van der Waals surface area contributed by atoms with Crippen LogP contribution in [0.5, 0.6) is 0 Å². The third-order valence-corrected chi connectivity index (χ3v) is 4.78. The standard InChI is InChI=1S/C20H30N4O/c1-3-4-8-19-21-20(25-22-19)16-23(2)15-17-9-11-18(12-10-17)24-13-6-5-7-14-24/h9-12H,3-8,13-16H2,1-2H3. The van der Waals surface area contributed by atoms with Crippen LogP contribution in [0.2, 0.25) is 0 Å². The maximum Gasteiger partial charge on any atom is 0.240 e. The summed E-state index contributed by atoms with van der Waals surface area (Å²) in [5, 5.41) is 4.06. The molecule has 0 bridgehead atoms. The Kier molecular flexibility index (Phi) is 6.45. The molecule has 5 heteroatoms. The van der Waals surface area contributed by atoms with Gasteiger partial charge in [0.15, 0.2) is 5.82 Å². The number of aryl methyl sites for hydroxylation is 1. The largest absolute Gasteiger partial charge is 0.372 e. The molecule has 1 fully saturated rings. The molecule has 0 aliphatic carbocycles. The molecular weight excluding hydrogens is 312 g/mol. The molecule has 3 rings (SSSR count). The Morgan fingerprint density at radius 2 is 1.84 bits per heavy atom. The molecule has 1 saturated heterocycles. The molecule has 2 aromatic rings. The lowest BCUT2D eigenvalue weighted by Gasteiger charge is -2.29. The summed E-state index contributed by atoms with van der Waals surface area (Å²) >= 11 is 0. The number of rotatable bonds is 8. The Balaban J connectivity index is 1.50. The first-order valence-electron chi connectivity index (χ1n) is 9.58. The number of hydrogen-bond donors (Lipinski definition) is 0. The summed E-state index contributed by atoms with van der Waals surface area (Å²) in [7, 11) is 2.09. The fraction of sp³-hybridized carbons (Fsp3) is 0.600. The number of benzene rings is 1. The molecule has 0 radical (unpaired) electrons. The monoisotopic (exact) mass is 342 g/mol. The van der Waals surface area contributed by atoms with Crippen LogP contribution in [0, 0.1) is 0 Å². The summed E-state index contributed by atoms with van der Waals surface area (Å²) < 4.78 is 5.36. The van der Waals surface area contributed by atoms with E-state index in [0.29, 0.717) is 12.4 Å². The van der Waals surface area contributed by atoms with Crippen LogP contribution in [0.3, 0.4) is 0 Å². The molecular formula is C20H30N4O. The Hall–Kier alpha value is -1.88. The first-order chi connectivity index (χ1) is 12.2. The van der Waals surface area contributed by atoms with E-state index in [0.717, 1.165) is 31.6 Å². The molecule has 1 aliphatic rings. The van der Waals surface area contributed by atoms with Gasteiger partial charge in [-0.05, 0) is 50.4 Å². The molecule has 0 N–H and O–H groups in total. The van der Waals surface area contributed by atoms with Crippen molar-refractivity contribution in [3.05, 3.63) is 41.5 Å². The average molecular weight is 342 g/mol. The topological polar surface area (TPSA) is 45.4 Å². The highest BCUT2D eigenvalue weighted by Gasteiger charge is 2.12. The maximum atomic E-state index is 5.36. The van der Waals surface area contributed by atoms with Crippen LogP contribution in [-0.4, -0.2) is 35.2 Å². The van der Waals surface area contributed by atoms with E-state index in [4.69, 9.17) is 4.52 Å². The molecule has 2 heterocycles. The van der Waals surface area contributed by atoms with E-state index >= 15 is 0 Å². The molecule has 25 heavy (non-hydrogen) atoms. The van der Waals surface area contributed by atoms with E-state index in [1.54, 1.807) is 0 Å². The maximum absolute atomic E-state index is 5.36. The number of hydrogen-bond acceptors (Lipinski definition) is 5. The average Bonchev–Trinajstić information content (AvgIpc) is 3.08. The van der Waals surface area contributed by atoms with Crippen molar-refractivity contribution in [2.24, 2.45) is 0 Å². The van der Waals surface area contributed by atoms with Gasteiger partial charge in [-0.2, -0.15) is 4.98 Å². The zero-order valence-electron chi connectivity index (χ0n) is 15.6. The molecule has 5 nitrogen and oxygen atoms in total. The fourth-order valence-corrected chi connectivity index (χ4v) is 3.35. The molecule has 0 spiro atoms. The van der Waals surface area contributed by atoms with Gasteiger partial charge in [-0.1, -0.05) is 30.6 Å². The summed E-state index contributed by atoms with van der Waals surface area (Å²) in [5.41, 5.74) is 2.66. The Labute approximate surface area is 151 Å². The molecule has 0 saturated carbocycles. The van der Waals surface area contributed by atoms with Crippen LogP contribution in [0.1, 0.15) is 56.3 Å². The minimum Gasteiger partial charge on any atom is -0.372 e. The van der Waals surface area contributed by atoms with Crippen LogP contribution in [-0.2, 0) is 19.5 Å². The van der Waals surface area contributed by atoms with Gasteiger partial charge in [0.2, 0.25) is 5.89 Å². The number of aromatic nitrogens is 2. The molecule has 0 atom stereocenters. The first kappa shape index (κ1) is 17.9. The van der Waals surface area contributed by atoms with E-state index in [1.807, 2.05) is 0 Å². The predicted octanol–water partition coefficient (Wildman–Crippen LogP) is 4.03.